The Balaban J connectivity index is 2.47. The number of hydrogen-bond acceptors (Lipinski definition) is 4. The quantitative estimate of drug-likeness (QED) is 0.504. The minimum absolute atomic E-state index is 0.0593. The molecule has 0 saturated heterocycles. The Morgan fingerprint density at radius 2 is 1.84 bits per heavy atom. The first-order chi connectivity index (χ1) is 9.00. The van der Waals surface area contributed by atoms with Gasteiger partial charge in [0.05, 0.1) is 4.92 Å². The number of rotatable bonds is 3. The Morgan fingerprint density at radius 3 is 2.53 bits per heavy atom. The minimum atomic E-state index is -0.563. The number of nitrogens with zero attached hydrogens (tertiary/aromatic N) is 1. The van der Waals surface area contributed by atoms with Crippen LogP contribution in [0.4, 0.5) is 27.1 Å². The molecule has 0 unspecified atom stereocenters. The Morgan fingerprint density at radius 1 is 1.21 bits per heavy atom. The van der Waals surface area contributed by atoms with Crippen molar-refractivity contribution in [3.8, 4) is 0 Å². The van der Waals surface area contributed by atoms with Crippen molar-refractivity contribution in [2.45, 2.75) is 6.92 Å². The van der Waals surface area contributed by atoms with Crippen LogP contribution in [0, 0.1) is 22.9 Å². The molecule has 3 N–H and O–H groups in total. The highest BCUT2D eigenvalue weighted by molar-refractivity contribution is 5.78. The smallest absolute Gasteiger partial charge is 0.315 e. The summed E-state index contributed by atoms with van der Waals surface area (Å²) >= 11 is 0. The molecule has 6 heteroatoms. The predicted molar refractivity (Wildman–Crippen MR) is 71.9 cm³/mol. The number of anilines is 3. The SMILES string of the molecule is Cc1c(F)cccc1Nc1cccc(N)c1[N+](=O)[O-]. The number of nitrogens with two attached hydrogens (primary N) is 1. The highest BCUT2D eigenvalue weighted by atomic mass is 19.1. The first-order valence-corrected chi connectivity index (χ1v) is 5.55. The summed E-state index contributed by atoms with van der Waals surface area (Å²) < 4.78 is 13.4. The van der Waals surface area contributed by atoms with E-state index in [1.54, 1.807) is 19.1 Å². The molecule has 2 rings (SSSR count). The van der Waals surface area contributed by atoms with E-state index in [0.29, 0.717) is 11.3 Å². The van der Waals surface area contributed by atoms with Crippen molar-refractivity contribution in [1.29, 1.82) is 0 Å². The van der Waals surface area contributed by atoms with Crippen molar-refractivity contribution in [3.63, 3.8) is 0 Å². The van der Waals surface area contributed by atoms with Crippen LogP contribution < -0.4 is 11.1 Å². The van der Waals surface area contributed by atoms with Crippen molar-refractivity contribution >= 4 is 22.7 Å². The highest BCUT2D eigenvalue weighted by Gasteiger charge is 2.18. The van der Waals surface area contributed by atoms with Crippen molar-refractivity contribution in [2.75, 3.05) is 11.1 Å². The molecule has 0 aliphatic carbocycles. The lowest BCUT2D eigenvalue weighted by molar-refractivity contribution is -0.383. The lowest BCUT2D eigenvalue weighted by Gasteiger charge is -2.11. The van der Waals surface area contributed by atoms with E-state index in [4.69, 9.17) is 5.73 Å². The number of para-hydroxylation sites is 1. The third kappa shape index (κ3) is 2.47. The average Bonchev–Trinajstić information content (AvgIpc) is 2.34. The molecule has 19 heavy (non-hydrogen) atoms. The summed E-state index contributed by atoms with van der Waals surface area (Å²) in [5, 5.41) is 13.8. The maximum Gasteiger partial charge on any atom is 0.315 e. The molecule has 0 spiro atoms. The second-order valence-corrected chi connectivity index (χ2v) is 4.04. The first-order valence-electron chi connectivity index (χ1n) is 5.55. The first kappa shape index (κ1) is 12.8. The van der Waals surface area contributed by atoms with Crippen LogP contribution in [-0.2, 0) is 0 Å². The summed E-state index contributed by atoms with van der Waals surface area (Å²) in [5.74, 6) is -0.378. The van der Waals surface area contributed by atoms with E-state index in [1.165, 1.54) is 24.3 Å². The zero-order valence-corrected chi connectivity index (χ0v) is 10.2. The third-order valence-electron chi connectivity index (χ3n) is 2.79. The monoisotopic (exact) mass is 261 g/mol. The van der Waals surface area contributed by atoms with Crippen molar-refractivity contribution in [2.24, 2.45) is 0 Å². The fourth-order valence-electron chi connectivity index (χ4n) is 1.75. The Bertz CT molecular complexity index is 644. The van der Waals surface area contributed by atoms with Gasteiger partial charge in [0.15, 0.2) is 0 Å². The topological polar surface area (TPSA) is 81.2 Å². The normalized spacial score (nSPS) is 10.2. The molecule has 0 amide bonds. The summed E-state index contributed by atoms with van der Waals surface area (Å²) in [4.78, 5) is 10.4. The Labute approximate surface area is 109 Å². The largest absolute Gasteiger partial charge is 0.393 e. The maximum absolute atomic E-state index is 13.4. The van der Waals surface area contributed by atoms with Gasteiger partial charge >= 0.3 is 5.69 Å². The molecule has 0 fully saturated rings. The molecule has 0 aromatic heterocycles. The van der Waals surface area contributed by atoms with E-state index in [2.05, 4.69) is 5.32 Å². The molecule has 0 radical (unpaired) electrons. The van der Waals surface area contributed by atoms with Crippen LogP contribution in [-0.4, -0.2) is 4.92 Å². The number of nitrogens with one attached hydrogen (secondary N) is 1. The van der Waals surface area contributed by atoms with Crippen molar-refractivity contribution in [1.82, 2.24) is 0 Å². The number of benzene rings is 2. The van der Waals surface area contributed by atoms with Crippen LogP contribution in [0.2, 0.25) is 0 Å². The molecule has 0 aliphatic heterocycles. The fraction of sp³-hybridized carbons (Fsp3) is 0.0769. The van der Waals surface area contributed by atoms with Gasteiger partial charge in [-0.25, -0.2) is 4.39 Å². The van der Waals surface area contributed by atoms with E-state index < -0.39 is 4.92 Å². The lowest BCUT2D eigenvalue weighted by Crippen LogP contribution is -2.02. The van der Waals surface area contributed by atoms with Crippen LogP contribution in [0.3, 0.4) is 0 Å². The molecule has 0 heterocycles. The van der Waals surface area contributed by atoms with Crippen LogP contribution in [0.5, 0.6) is 0 Å². The van der Waals surface area contributed by atoms with Gasteiger partial charge in [-0.3, -0.25) is 10.1 Å². The van der Waals surface area contributed by atoms with Crippen LogP contribution >= 0.6 is 0 Å². The van der Waals surface area contributed by atoms with Crippen LogP contribution in [0.1, 0.15) is 5.56 Å². The van der Waals surface area contributed by atoms with E-state index >= 15 is 0 Å². The summed E-state index contributed by atoms with van der Waals surface area (Å²) in [7, 11) is 0. The molecular formula is C13H12FN3O2. The minimum Gasteiger partial charge on any atom is -0.393 e. The standard InChI is InChI=1S/C13H12FN3O2/c1-8-9(14)4-2-6-11(8)16-12-7-3-5-10(15)13(12)17(18)19/h2-7,16H,15H2,1H3. The molecular weight excluding hydrogens is 249 g/mol. The summed E-state index contributed by atoms with van der Waals surface area (Å²) in [6.07, 6.45) is 0. The van der Waals surface area contributed by atoms with E-state index in [-0.39, 0.29) is 22.9 Å². The van der Waals surface area contributed by atoms with Gasteiger partial charge in [-0.05, 0) is 31.2 Å². The summed E-state index contributed by atoms with van der Waals surface area (Å²) in [6, 6.07) is 9.07. The van der Waals surface area contributed by atoms with Crippen LogP contribution in [0.15, 0.2) is 36.4 Å². The van der Waals surface area contributed by atoms with Gasteiger partial charge < -0.3 is 11.1 Å². The molecule has 5 nitrogen and oxygen atoms in total. The maximum atomic E-state index is 13.4. The zero-order chi connectivity index (χ0) is 14.0. The average molecular weight is 261 g/mol. The van der Waals surface area contributed by atoms with Gasteiger partial charge in [-0.2, -0.15) is 0 Å². The Kier molecular flexibility index (Phi) is 3.33. The van der Waals surface area contributed by atoms with Crippen LogP contribution in [0.25, 0.3) is 0 Å². The van der Waals surface area contributed by atoms with E-state index in [1.807, 2.05) is 0 Å². The second kappa shape index (κ2) is 4.93. The number of nitrogen functional groups attached to an aromatic ring is 1. The number of hydrogen-bond donors (Lipinski definition) is 2. The van der Waals surface area contributed by atoms with Crippen molar-refractivity contribution < 1.29 is 9.31 Å². The molecule has 0 aliphatic rings. The van der Waals surface area contributed by atoms with E-state index in [0.717, 1.165) is 0 Å². The molecule has 2 aromatic carbocycles. The van der Waals surface area contributed by atoms with Gasteiger partial charge in [0.25, 0.3) is 0 Å². The summed E-state index contributed by atoms with van der Waals surface area (Å²) in [5.41, 5.74) is 6.52. The van der Waals surface area contributed by atoms with Gasteiger partial charge in [-0.1, -0.05) is 12.1 Å². The molecule has 0 atom stereocenters. The predicted octanol–water partition coefficient (Wildman–Crippen LogP) is 3.37. The molecule has 98 valence electrons. The van der Waals surface area contributed by atoms with Gasteiger partial charge in [0, 0.05) is 11.3 Å². The van der Waals surface area contributed by atoms with Crippen molar-refractivity contribution in [3.05, 3.63) is 57.9 Å². The lowest BCUT2D eigenvalue weighted by atomic mass is 10.1. The molecule has 0 saturated carbocycles. The Hall–Kier alpha value is -2.63. The highest BCUT2D eigenvalue weighted by Crippen LogP contribution is 2.33. The fourth-order valence-corrected chi connectivity index (χ4v) is 1.75. The third-order valence-corrected chi connectivity index (χ3v) is 2.79. The molecule has 0 bridgehead atoms. The summed E-state index contributed by atoms with van der Waals surface area (Å²) in [6.45, 7) is 1.59. The number of halogens is 1. The van der Waals surface area contributed by atoms with Gasteiger partial charge in [-0.15, -0.1) is 0 Å². The zero-order valence-electron chi connectivity index (χ0n) is 10.2. The van der Waals surface area contributed by atoms with Gasteiger partial charge in [0.1, 0.15) is 17.2 Å². The van der Waals surface area contributed by atoms with Gasteiger partial charge in [0.2, 0.25) is 0 Å². The van der Waals surface area contributed by atoms with E-state index in [9.17, 15) is 14.5 Å². The second-order valence-electron chi connectivity index (χ2n) is 4.04. The number of nitro groups is 1. The number of nitro benzene ring substituents is 1. The molecule has 2 aromatic rings.